The van der Waals surface area contributed by atoms with E-state index in [0.717, 1.165) is 41.3 Å². The van der Waals surface area contributed by atoms with Gasteiger partial charge in [0.05, 0.1) is 10.5 Å². The third-order valence-electron chi connectivity index (χ3n) is 3.11. The summed E-state index contributed by atoms with van der Waals surface area (Å²) in [7, 11) is 0. The molecule has 1 aromatic heterocycles. The van der Waals surface area contributed by atoms with Crippen molar-refractivity contribution in [2.24, 2.45) is 0 Å². The van der Waals surface area contributed by atoms with Gasteiger partial charge in [0.25, 0.3) is 0 Å². The molecule has 0 bridgehead atoms. The predicted molar refractivity (Wildman–Crippen MR) is 86.8 cm³/mol. The Morgan fingerprint density at radius 1 is 1.32 bits per heavy atom. The molecule has 0 atom stereocenters. The monoisotopic (exact) mass is 316 g/mol. The molecule has 19 heavy (non-hydrogen) atoms. The lowest BCUT2D eigenvalue weighted by Gasteiger charge is -2.08. The summed E-state index contributed by atoms with van der Waals surface area (Å²) in [6.07, 6.45) is 5.32. The van der Waals surface area contributed by atoms with E-state index in [1.807, 2.05) is 23.9 Å². The van der Waals surface area contributed by atoms with Gasteiger partial charge in [-0.15, -0.1) is 11.6 Å². The highest BCUT2D eigenvalue weighted by Gasteiger charge is 2.12. The van der Waals surface area contributed by atoms with Crippen molar-refractivity contribution in [3.63, 3.8) is 0 Å². The fourth-order valence-electron chi connectivity index (χ4n) is 2.20. The van der Waals surface area contributed by atoms with E-state index in [4.69, 9.17) is 23.2 Å². The van der Waals surface area contributed by atoms with Crippen molar-refractivity contribution in [3.05, 3.63) is 29.0 Å². The molecule has 0 radical (unpaired) electrons. The summed E-state index contributed by atoms with van der Waals surface area (Å²) in [6, 6.07) is 5.95. The van der Waals surface area contributed by atoms with E-state index in [1.54, 1.807) is 0 Å². The van der Waals surface area contributed by atoms with E-state index in [0.29, 0.717) is 5.88 Å². The molecular formula is C14H18Cl2N2S. The molecular weight excluding hydrogens is 299 g/mol. The molecule has 0 saturated carbocycles. The van der Waals surface area contributed by atoms with Crippen molar-refractivity contribution >= 4 is 46.0 Å². The zero-order valence-corrected chi connectivity index (χ0v) is 13.4. The number of para-hydroxylation sites is 1. The smallest absolute Gasteiger partial charge is 0.111 e. The van der Waals surface area contributed by atoms with Crippen LogP contribution in [0.1, 0.15) is 18.7 Å². The first kappa shape index (κ1) is 15.0. The highest BCUT2D eigenvalue weighted by atomic mass is 35.5. The predicted octanol–water partition coefficient (Wildman–Crippen LogP) is 4.61. The van der Waals surface area contributed by atoms with Gasteiger partial charge in [-0.25, -0.2) is 4.98 Å². The van der Waals surface area contributed by atoms with E-state index < -0.39 is 0 Å². The van der Waals surface area contributed by atoms with Gasteiger partial charge in [0.1, 0.15) is 11.3 Å². The third-order valence-corrected chi connectivity index (χ3v) is 4.30. The number of benzene rings is 1. The van der Waals surface area contributed by atoms with Crippen LogP contribution < -0.4 is 0 Å². The van der Waals surface area contributed by atoms with Crippen molar-refractivity contribution in [1.29, 1.82) is 0 Å². The largest absolute Gasteiger partial charge is 0.328 e. The summed E-state index contributed by atoms with van der Waals surface area (Å²) in [4.78, 5) is 4.64. The normalized spacial score (nSPS) is 11.3. The van der Waals surface area contributed by atoms with Gasteiger partial charge in [-0.3, -0.25) is 0 Å². The maximum absolute atomic E-state index is 6.21. The van der Waals surface area contributed by atoms with Crippen LogP contribution in [-0.4, -0.2) is 27.4 Å². The van der Waals surface area contributed by atoms with E-state index >= 15 is 0 Å². The van der Waals surface area contributed by atoms with Crippen molar-refractivity contribution < 1.29 is 0 Å². The summed E-state index contributed by atoms with van der Waals surface area (Å²) in [5.41, 5.74) is 2.02. The summed E-state index contributed by atoms with van der Waals surface area (Å²) >= 11 is 14.0. The summed E-state index contributed by atoms with van der Waals surface area (Å²) in [6.45, 7) is 0.990. The third kappa shape index (κ3) is 3.59. The van der Waals surface area contributed by atoms with E-state index in [-0.39, 0.29) is 0 Å². The molecule has 0 aliphatic rings. The molecule has 0 unspecified atom stereocenters. The topological polar surface area (TPSA) is 17.8 Å². The molecule has 0 saturated heterocycles. The first-order valence-electron chi connectivity index (χ1n) is 6.46. The summed E-state index contributed by atoms with van der Waals surface area (Å²) in [5, 5.41) is 0.719. The second-order valence-electron chi connectivity index (χ2n) is 4.43. The first-order valence-corrected chi connectivity index (χ1v) is 8.77. The van der Waals surface area contributed by atoms with Gasteiger partial charge in [0, 0.05) is 18.8 Å². The Morgan fingerprint density at radius 2 is 2.16 bits per heavy atom. The zero-order valence-electron chi connectivity index (χ0n) is 11.0. The van der Waals surface area contributed by atoms with Crippen molar-refractivity contribution in [2.75, 3.05) is 17.9 Å². The average Bonchev–Trinajstić information content (AvgIpc) is 2.75. The number of halogens is 2. The zero-order chi connectivity index (χ0) is 13.7. The Hall–Kier alpha value is -0.380. The molecule has 1 aromatic carbocycles. The van der Waals surface area contributed by atoms with Crippen molar-refractivity contribution in [1.82, 2.24) is 9.55 Å². The van der Waals surface area contributed by atoms with E-state index in [9.17, 15) is 0 Å². The van der Waals surface area contributed by atoms with Gasteiger partial charge in [-0.2, -0.15) is 11.8 Å². The number of hydrogen-bond acceptors (Lipinski definition) is 2. The molecule has 104 valence electrons. The Kier molecular flexibility index (Phi) is 5.86. The van der Waals surface area contributed by atoms with Crippen LogP contribution in [0.3, 0.4) is 0 Å². The van der Waals surface area contributed by atoms with Gasteiger partial charge >= 0.3 is 0 Å². The molecule has 0 N–H and O–H groups in total. The minimum absolute atomic E-state index is 0.589. The Morgan fingerprint density at radius 3 is 2.89 bits per heavy atom. The standard InChI is InChI=1S/C14H18Cl2N2S/c1-19-10-3-2-9-18-12-6-4-5-11(16)14(12)17-13(18)7-8-15/h4-6H,2-3,7-10H2,1H3. The fraction of sp³-hybridized carbons (Fsp3) is 0.500. The van der Waals surface area contributed by atoms with Crippen LogP contribution in [0.25, 0.3) is 11.0 Å². The average molecular weight is 317 g/mol. The second-order valence-corrected chi connectivity index (χ2v) is 6.20. The number of thioether (sulfide) groups is 1. The van der Waals surface area contributed by atoms with Crippen molar-refractivity contribution in [3.8, 4) is 0 Å². The SMILES string of the molecule is CSCCCCn1c(CCCl)nc2c(Cl)cccc21. The maximum Gasteiger partial charge on any atom is 0.111 e. The molecule has 2 rings (SSSR count). The highest BCUT2D eigenvalue weighted by Crippen LogP contribution is 2.24. The number of rotatable bonds is 7. The molecule has 0 spiro atoms. The Labute approximate surface area is 128 Å². The Balaban J connectivity index is 2.27. The minimum Gasteiger partial charge on any atom is -0.328 e. The summed E-state index contributed by atoms with van der Waals surface area (Å²) < 4.78 is 2.27. The highest BCUT2D eigenvalue weighted by molar-refractivity contribution is 7.98. The van der Waals surface area contributed by atoms with Gasteiger partial charge in [0.15, 0.2) is 0 Å². The molecule has 2 nitrogen and oxygen atoms in total. The minimum atomic E-state index is 0.589. The van der Waals surface area contributed by atoms with Gasteiger partial charge in [-0.05, 0) is 37.0 Å². The lowest BCUT2D eigenvalue weighted by atomic mass is 10.3. The first-order chi connectivity index (χ1) is 9.27. The second kappa shape index (κ2) is 7.41. The van der Waals surface area contributed by atoms with Crippen molar-refractivity contribution in [2.45, 2.75) is 25.8 Å². The van der Waals surface area contributed by atoms with Gasteiger partial charge in [-0.1, -0.05) is 17.7 Å². The number of aromatic nitrogens is 2. The lowest BCUT2D eigenvalue weighted by molar-refractivity contribution is 0.623. The number of nitrogens with zero attached hydrogens (tertiary/aromatic N) is 2. The maximum atomic E-state index is 6.21. The van der Waals surface area contributed by atoms with Crippen LogP contribution in [-0.2, 0) is 13.0 Å². The number of fused-ring (bicyclic) bond motifs is 1. The van der Waals surface area contributed by atoms with Crippen LogP contribution >= 0.6 is 35.0 Å². The van der Waals surface area contributed by atoms with E-state index in [1.165, 1.54) is 12.2 Å². The van der Waals surface area contributed by atoms with Crippen LogP contribution in [0.4, 0.5) is 0 Å². The van der Waals surface area contributed by atoms with Crippen LogP contribution in [0.15, 0.2) is 18.2 Å². The number of imidazole rings is 1. The number of aryl methyl sites for hydroxylation is 2. The number of alkyl halides is 1. The number of unbranched alkanes of at least 4 members (excludes halogenated alkanes) is 1. The van der Waals surface area contributed by atoms with E-state index in [2.05, 4.69) is 21.9 Å². The molecule has 0 aliphatic heterocycles. The molecule has 0 aliphatic carbocycles. The quantitative estimate of drug-likeness (QED) is 0.548. The fourth-order valence-corrected chi connectivity index (χ4v) is 3.08. The number of hydrogen-bond donors (Lipinski definition) is 0. The lowest BCUT2D eigenvalue weighted by Crippen LogP contribution is -2.05. The van der Waals surface area contributed by atoms with Crippen LogP contribution in [0, 0.1) is 0 Å². The van der Waals surface area contributed by atoms with Crippen LogP contribution in [0.2, 0.25) is 5.02 Å². The molecule has 2 aromatic rings. The van der Waals surface area contributed by atoms with Crippen LogP contribution in [0.5, 0.6) is 0 Å². The molecule has 0 amide bonds. The Bertz CT molecular complexity index is 539. The molecule has 5 heteroatoms. The summed E-state index contributed by atoms with van der Waals surface area (Å²) in [5.74, 6) is 2.84. The molecule has 0 fully saturated rings. The van der Waals surface area contributed by atoms with Gasteiger partial charge < -0.3 is 4.57 Å². The van der Waals surface area contributed by atoms with Gasteiger partial charge in [0.2, 0.25) is 0 Å². The molecule has 1 heterocycles.